The topological polar surface area (TPSA) is 45.4 Å². The molecule has 1 aliphatic carbocycles. The predicted molar refractivity (Wildman–Crippen MR) is 82.9 cm³/mol. The zero-order valence-electron chi connectivity index (χ0n) is 12.5. The first-order valence-electron chi connectivity index (χ1n) is 7.99. The van der Waals surface area contributed by atoms with Gasteiger partial charge >= 0.3 is 0 Å². The Balaban J connectivity index is 1.70. The number of hydrogen-bond donors (Lipinski definition) is 1. The van der Waals surface area contributed by atoms with Crippen LogP contribution in [0.4, 0.5) is 5.82 Å². The molecule has 0 atom stereocenters. The monoisotopic (exact) mass is 274 g/mol. The van der Waals surface area contributed by atoms with Crippen molar-refractivity contribution in [2.24, 2.45) is 5.73 Å². The summed E-state index contributed by atoms with van der Waals surface area (Å²) < 4.78 is 0. The van der Waals surface area contributed by atoms with Crippen LogP contribution in [-0.2, 0) is 13.0 Å². The van der Waals surface area contributed by atoms with Crippen LogP contribution in [0.3, 0.4) is 0 Å². The fourth-order valence-electron chi connectivity index (χ4n) is 3.05. The maximum Gasteiger partial charge on any atom is 0.129 e. The van der Waals surface area contributed by atoms with Crippen LogP contribution in [0.1, 0.15) is 37.4 Å². The third kappa shape index (κ3) is 3.13. The summed E-state index contributed by atoms with van der Waals surface area (Å²) in [5.74, 6) is 1.13. The fourth-order valence-corrected chi connectivity index (χ4v) is 3.05. The lowest BCUT2D eigenvalue weighted by molar-refractivity contribution is 0.247. The van der Waals surface area contributed by atoms with E-state index in [1.807, 2.05) is 0 Å². The summed E-state index contributed by atoms with van der Waals surface area (Å²) in [5.41, 5.74) is 8.23. The van der Waals surface area contributed by atoms with E-state index in [1.54, 1.807) is 0 Å². The van der Waals surface area contributed by atoms with Gasteiger partial charge in [0.15, 0.2) is 0 Å². The lowest BCUT2D eigenvalue weighted by atomic mass is 10.1. The highest BCUT2D eigenvalue weighted by molar-refractivity contribution is 5.43. The molecular formula is C16H26N4. The van der Waals surface area contributed by atoms with Crippen LogP contribution in [0.25, 0.3) is 0 Å². The van der Waals surface area contributed by atoms with Crippen LogP contribution in [0.5, 0.6) is 0 Å². The molecule has 0 amide bonds. The van der Waals surface area contributed by atoms with Crippen molar-refractivity contribution < 1.29 is 0 Å². The van der Waals surface area contributed by atoms with Crippen molar-refractivity contribution in [2.45, 2.75) is 45.2 Å². The lowest BCUT2D eigenvalue weighted by Crippen LogP contribution is -2.47. The predicted octanol–water partition coefficient (Wildman–Crippen LogP) is 1.78. The van der Waals surface area contributed by atoms with Crippen LogP contribution in [0.2, 0.25) is 0 Å². The SMILES string of the molecule is CCCc1cc(CN)cc(N2CCN(C3CC3)CC2)n1. The summed E-state index contributed by atoms with van der Waals surface area (Å²) in [5, 5.41) is 0. The molecule has 110 valence electrons. The van der Waals surface area contributed by atoms with E-state index < -0.39 is 0 Å². The van der Waals surface area contributed by atoms with E-state index in [2.05, 4.69) is 28.9 Å². The molecule has 2 heterocycles. The minimum absolute atomic E-state index is 0.605. The first-order chi connectivity index (χ1) is 9.80. The van der Waals surface area contributed by atoms with E-state index in [0.717, 1.165) is 37.8 Å². The number of aryl methyl sites for hydroxylation is 1. The normalized spacial score (nSPS) is 20.4. The van der Waals surface area contributed by atoms with Crippen molar-refractivity contribution in [3.8, 4) is 0 Å². The Hall–Kier alpha value is -1.13. The van der Waals surface area contributed by atoms with Crippen molar-refractivity contribution in [2.75, 3.05) is 31.1 Å². The zero-order chi connectivity index (χ0) is 13.9. The van der Waals surface area contributed by atoms with Gasteiger partial charge in [-0.2, -0.15) is 0 Å². The standard InChI is InChI=1S/C16H26N4/c1-2-3-14-10-13(12-17)11-16(18-14)20-8-6-19(7-9-20)15-4-5-15/h10-11,15H,2-9,12,17H2,1H3. The van der Waals surface area contributed by atoms with E-state index in [-0.39, 0.29) is 0 Å². The molecule has 0 unspecified atom stereocenters. The molecule has 4 nitrogen and oxygen atoms in total. The number of anilines is 1. The van der Waals surface area contributed by atoms with Crippen LogP contribution in [0.15, 0.2) is 12.1 Å². The Morgan fingerprint density at radius 3 is 2.55 bits per heavy atom. The van der Waals surface area contributed by atoms with Gasteiger partial charge in [0.1, 0.15) is 5.82 Å². The van der Waals surface area contributed by atoms with Gasteiger partial charge in [0.25, 0.3) is 0 Å². The number of nitrogens with zero attached hydrogens (tertiary/aromatic N) is 3. The van der Waals surface area contributed by atoms with Crippen LogP contribution >= 0.6 is 0 Å². The molecule has 1 saturated carbocycles. The Morgan fingerprint density at radius 2 is 1.95 bits per heavy atom. The molecule has 0 aromatic carbocycles. The van der Waals surface area contributed by atoms with Gasteiger partial charge in [-0.15, -0.1) is 0 Å². The summed E-state index contributed by atoms with van der Waals surface area (Å²) in [6.07, 6.45) is 4.99. The summed E-state index contributed by atoms with van der Waals surface area (Å²) in [4.78, 5) is 9.90. The Morgan fingerprint density at radius 1 is 1.20 bits per heavy atom. The highest BCUT2D eigenvalue weighted by atomic mass is 15.3. The largest absolute Gasteiger partial charge is 0.354 e. The first kappa shape index (κ1) is 13.8. The van der Waals surface area contributed by atoms with Gasteiger partial charge in [-0.05, 0) is 37.0 Å². The van der Waals surface area contributed by atoms with E-state index >= 15 is 0 Å². The lowest BCUT2D eigenvalue weighted by Gasteiger charge is -2.35. The first-order valence-corrected chi connectivity index (χ1v) is 7.99. The molecule has 2 N–H and O–H groups in total. The molecular weight excluding hydrogens is 248 g/mol. The van der Waals surface area contributed by atoms with E-state index in [9.17, 15) is 0 Å². The van der Waals surface area contributed by atoms with Crippen LogP contribution < -0.4 is 10.6 Å². The second-order valence-corrected chi connectivity index (χ2v) is 6.03. The van der Waals surface area contributed by atoms with Gasteiger partial charge in [-0.1, -0.05) is 13.3 Å². The molecule has 2 fully saturated rings. The maximum absolute atomic E-state index is 5.83. The molecule has 1 saturated heterocycles. The number of piperazine rings is 1. The zero-order valence-corrected chi connectivity index (χ0v) is 12.5. The van der Waals surface area contributed by atoms with Crippen molar-refractivity contribution in [3.05, 3.63) is 23.4 Å². The molecule has 0 spiro atoms. The molecule has 3 rings (SSSR count). The minimum Gasteiger partial charge on any atom is -0.354 e. The number of pyridine rings is 1. The Bertz CT molecular complexity index is 448. The van der Waals surface area contributed by atoms with Crippen LogP contribution in [0, 0.1) is 0 Å². The van der Waals surface area contributed by atoms with Gasteiger partial charge < -0.3 is 10.6 Å². The van der Waals surface area contributed by atoms with Crippen molar-refractivity contribution in [1.29, 1.82) is 0 Å². The molecule has 1 aliphatic heterocycles. The van der Waals surface area contributed by atoms with Crippen molar-refractivity contribution in [3.63, 3.8) is 0 Å². The summed E-state index contributed by atoms with van der Waals surface area (Å²) in [6.45, 7) is 7.37. The second-order valence-electron chi connectivity index (χ2n) is 6.03. The van der Waals surface area contributed by atoms with Gasteiger partial charge in [0, 0.05) is 44.5 Å². The molecule has 1 aromatic rings. The van der Waals surface area contributed by atoms with Gasteiger partial charge in [-0.25, -0.2) is 4.98 Å². The average molecular weight is 274 g/mol. The second kappa shape index (κ2) is 6.10. The number of hydrogen-bond acceptors (Lipinski definition) is 4. The molecule has 1 aromatic heterocycles. The van der Waals surface area contributed by atoms with E-state index in [0.29, 0.717) is 6.54 Å². The molecule has 0 radical (unpaired) electrons. The van der Waals surface area contributed by atoms with Gasteiger partial charge in [-0.3, -0.25) is 4.90 Å². The number of aromatic nitrogens is 1. The summed E-state index contributed by atoms with van der Waals surface area (Å²) >= 11 is 0. The number of nitrogens with two attached hydrogens (primary N) is 1. The third-order valence-corrected chi connectivity index (χ3v) is 4.37. The quantitative estimate of drug-likeness (QED) is 0.889. The van der Waals surface area contributed by atoms with E-state index in [4.69, 9.17) is 10.7 Å². The smallest absolute Gasteiger partial charge is 0.129 e. The van der Waals surface area contributed by atoms with Crippen molar-refractivity contribution >= 4 is 5.82 Å². The van der Waals surface area contributed by atoms with Crippen molar-refractivity contribution in [1.82, 2.24) is 9.88 Å². The highest BCUT2D eigenvalue weighted by Crippen LogP contribution is 2.28. The fraction of sp³-hybridized carbons (Fsp3) is 0.688. The molecule has 0 bridgehead atoms. The highest BCUT2D eigenvalue weighted by Gasteiger charge is 2.31. The van der Waals surface area contributed by atoms with E-state index in [1.165, 1.54) is 37.2 Å². The average Bonchev–Trinajstić information content (AvgIpc) is 3.32. The molecule has 20 heavy (non-hydrogen) atoms. The maximum atomic E-state index is 5.83. The Kier molecular flexibility index (Phi) is 4.22. The minimum atomic E-state index is 0.605. The summed E-state index contributed by atoms with van der Waals surface area (Å²) in [6, 6.07) is 5.22. The Labute approximate surface area is 122 Å². The third-order valence-electron chi connectivity index (χ3n) is 4.37. The van der Waals surface area contributed by atoms with Gasteiger partial charge in [0.2, 0.25) is 0 Å². The number of rotatable bonds is 5. The molecule has 2 aliphatic rings. The molecule has 4 heteroatoms. The summed E-state index contributed by atoms with van der Waals surface area (Å²) in [7, 11) is 0. The van der Waals surface area contributed by atoms with Gasteiger partial charge in [0.05, 0.1) is 0 Å². The van der Waals surface area contributed by atoms with Crippen LogP contribution in [-0.4, -0.2) is 42.1 Å².